The molecule has 0 aromatic carbocycles. The molecule has 194 valence electrons. The lowest BCUT2D eigenvalue weighted by molar-refractivity contribution is -0.152. The van der Waals surface area contributed by atoms with Gasteiger partial charge < -0.3 is 25.4 Å². The highest BCUT2D eigenvalue weighted by Crippen LogP contribution is 2.45. The Balaban J connectivity index is 1.96. The van der Waals surface area contributed by atoms with E-state index in [4.69, 9.17) is 4.74 Å². The third kappa shape index (κ3) is 9.06. The summed E-state index contributed by atoms with van der Waals surface area (Å²) in [4.78, 5) is 52.4. The number of methoxy groups -OCH3 is 1. The third-order valence-electron chi connectivity index (χ3n) is 5.81. The fourth-order valence-corrected chi connectivity index (χ4v) is 4.95. The molecule has 0 spiro atoms. The van der Waals surface area contributed by atoms with Gasteiger partial charge in [0.15, 0.2) is 0 Å². The molecule has 3 amide bonds. The summed E-state index contributed by atoms with van der Waals surface area (Å²) in [7, 11) is 1.17. The Labute approximate surface area is 206 Å². The molecule has 1 saturated carbocycles. The Hall–Kier alpha value is -3.37. The number of hydrogen-bond donors (Lipinski definition) is 4. The molecule has 0 radical (unpaired) electrons. The zero-order valence-electron chi connectivity index (χ0n) is 21.4. The Kier molecular flexibility index (Phi) is 9.06. The lowest BCUT2D eigenvalue weighted by Gasteiger charge is -2.46. The normalized spacial score (nSPS) is 24.1. The summed E-state index contributed by atoms with van der Waals surface area (Å²) in [6.07, 6.45) is 1.52. The number of nitrogens with zero attached hydrogens (tertiary/aromatic N) is 1. The fourth-order valence-electron chi connectivity index (χ4n) is 4.95. The van der Waals surface area contributed by atoms with Gasteiger partial charge in [0.1, 0.15) is 5.78 Å². The first-order chi connectivity index (χ1) is 16.2. The first-order valence-corrected chi connectivity index (χ1v) is 11.5. The lowest BCUT2D eigenvalue weighted by Crippen LogP contribution is -2.53. The van der Waals surface area contributed by atoms with Crippen LogP contribution in [0.4, 0.5) is 9.59 Å². The van der Waals surface area contributed by atoms with Crippen LogP contribution in [0.1, 0.15) is 60.3 Å². The van der Waals surface area contributed by atoms with Crippen molar-refractivity contribution in [1.82, 2.24) is 21.3 Å². The summed E-state index contributed by atoms with van der Waals surface area (Å²) in [6, 6.07) is -0.658. The fraction of sp³-hybridized carbons (Fsp3) is 0.625. The van der Waals surface area contributed by atoms with Crippen molar-refractivity contribution in [3.05, 3.63) is 24.0 Å². The number of ether oxygens (including phenoxy) is 2. The minimum Gasteiger partial charge on any atom is -0.466 e. The van der Waals surface area contributed by atoms with Gasteiger partial charge in [-0.3, -0.25) is 10.1 Å². The first-order valence-electron chi connectivity index (χ1n) is 11.5. The number of rotatable bonds is 7. The van der Waals surface area contributed by atoms with E-state index in [1.165, 1.54) is 14.0 Å². The molecule has 1 heterocycles. The monoisotopic (exact) mass is 491 g/mol. The van der Waals surface area contributed by atoms with Crippen LogP contribution in [0.25, 0.3) is 0 Å². The molecule has 2 aliphatic rings. The number of aliphatic imine (C=N–C) groups is 1. The number of esters is 1. The molecule has 0 saturated heterocycles. The molecule has 0 aromatic heterocycles. The lowest BCUT2D eigenvalue weighted by atomic mass is 9.62. The average molecular weight is 492 g/mol. The van der Waals surface area contributed by atoms with Crippen LogP contribution < -0.4 is 21.3 Å². The van der Waals surface area contributed by atoms with Gasteiger partial charge in [0, 0.05) is 18.3 Å². The summed E-state index contributed by atoms with van der Waals surface area (Å²) in [5.41, 5.74) is 0.911. The molecule has 0 aromatic rings. The van der Waals surface area contributed by atoms with Crippen molar-refractivity contribution in [2.24, 2.45) is 15.8 Å². The van der Waals surface area contributed by atoms with Crippen molar-refractivity contribution in [3.8, 4) is 0 Å². The minimum absolute atomic E-state index is 0.126. The summed E-state index contributed by atoms with van der Waals surface area (Å²) in [5, 5.41) is 11.4. The Morgan fingerprint density at radius 1 is 1.26 bits per heavy atom. The average Bonchev–Trinajstić information content (AvgIpc) is 2.68. The number of guanidine groups is 1. The molecule has 1 aliphatic carbocycles. The van der Waals surface area contributed by atoms with Crippen molar-refractivity contribution in [3.63, 3.8) is 0 Å². The number of amides is 3. The third-order valence-corrected chi connectivity index (χ3v) is 5.81. The van der Waals surface area contributed by atoms with Crippen molar-refractivity contribution in [2.75, 3.05) is 13.7 Å². The van der Waals surface area contributed by atoms with Crippen LogP contribution >= 0.6 is 0 Å². The smallest absolute Gasteiger partial charge is 0.408 e. The van der Waals surface area contributed by atoms with Crippen molar-refractivity contribution < 1.29 is 28.7 Å². The van der Waals surface area contributed by atoms with Crippen LogP contribution in [0.2, 0.25) is 0 Å². The van der Waals surface area contributed by atoms with E-state index in [1.807, 2.05) is 13.8 Å². The van der Waals surface area contributed by atoms with Crippen LogP contribution in [0.5, 0.6) is 0 Å². The van der Waals surface area contributed by atoms with E-state index in [9.17, 15) is 19.2 Å². The quantitative estimate of drug-likeness (QED) is 0.400. The molecule has 1 aliphatic heterocycles. The van der Waals surface area contributed by atoms with E-state index in [2.05, 4.69) is 51.4 Å². The zero-order valence-corrected chi connectivity index (χ0v) is 21.4. The Morgan fingerprint density at radius 2 is 1.94 bits per heavy atom. The van der Waals surface area contributed by atoms with Crippen LogP contribution in [0.3, 0.4) is 0 Å². The van der Waals surface area contributed by atoms with Crippen LogP contribution in [-0.2, 0) is 19.1 Å². The van der Waals surface area contributed by atoms with Gasteiger partial charge in [-0.05, 0) is 50.0 Å². The second-order valence-electron chi connectivity index (χ2n) is 10.4. The number of hydrogen-bond acceptors (Lipinski definition) is 8. The van der Waals surface area contributed by atoms with E-state index in [0.29, 0.717) is 31.0 Å². The number of allylic oxidation sites excluding steroid dienone is 2. The number of ketones is 1. The van der Waals surface area contributed by atoms with Crippen LogP contribution in [-0.4, -0.2) is 55.6 Å². The molecule has 3 atom stereocenters. The van der Waals surface area contributed by atoms with Gasteiger partial charge in [-0.15, -0.1) is 0 Å². The summed E-state index contributed by atoms with van der Waals surface area (Å²) in [5.74, 6) is -0.783. The van der Waals surface area contributed by atoms with Gasteiger partial charge in [0.25, 0.3) is 0 Å². The molecule has 35 heavy (non-hydrogen) atoms. The Bertz CT molecular complexity index is 941. The van der Waals surface area contributed by atoms with Crippen molar-refractivity contribution in [1.29, 1.82) is 0 Å². The zero-order chi connectivity index (χ0) is 26.4. The second-order valence-corrected chi connectivity index (χ2v) is 10.4. The number of nitrogens with one attached hydrogen (secondary N) is 4. The van der Waals surface area contributed by atoms with Gasteiger partial charge in [-0.25, -0.2) is 19.4 Å². The van der Waals surface area contributed by atoms with Gasteiger partial charge in [-0.1, -0.05) is 27.4 Å². The van der Waals surface area contributed by atoms with Crippen molar-refractivity contribution in [2.45, 2.75) is 72.4 Å². The van der Waals surface area contributed by atoms with E-state index < -0.39 is 24.2 Å². The first kappa shape index (κ1) is 27.9. The standard InChI is InChI=1S/C24H37N5O6/c1-14-8-15(2)27-20(26-14)29-21(32)25-13-24(6)11-17(10-23(4,5)12-24)28-22(33)35-18(9-16(3)30)19(31)34-7/h8,17-18H,1,9-13H2,2-7H3,(H,28,33)(H3,25,26,27,29,32). The second kappa shape index (κ2) is 11.4. The maximum atomic E-state index is 12.5. The maximum absolute atomic E-state index is 12.5. The molecular weight excluding hydrogens is 454 g/mol. The van der Waals surface area contributed by atoms with Gasteiger partial charge in [-0.2, -0.15) is 0 Å². The predicted molar refractivity (Wildman–Crippen MR) is 130 cm³/mol. The van der Waals surface area contributed by atoms with Crippen molar-refractivity contribution >= 4 is 29.8 Å². The van der Waals surface area contributed by atoms with Crippen LogP contribution in [0.15, 0.2) is 29.0 Å². The highest BCUT2D eigenvalue weighted by Gasteiger charge is 2.42. The molecule has 11 heteroatoms. The maximum Gasteiger partial charge on any atom is 0.408 e. The number of alkyl carbamates (subject to hydrolysis) is 1. The van der Waals surface area contributed by atoms with E-state index in [-0.39, 0.29) is 29.1 Å². The topological polar surface area (TPSA) is 147 Å². The van der Waals surface area contributed by atoms with E-state index in [1.54, 1.807) is 6.08 Å². The number of Topliss-reactive ketones (excluding diaryl/α,β-unsaturated/α-hetero) is 1. The highest BCUT2D eigenvalue weighted by molar-refractivity contribution is 5.98. The summed E-state index contributed by atoms with van der Waals surface area (Å²) in [6.45, 7) is 13.5. The van der Waals surface area contributed by atoms with E-state index >= 15 is 0 Å². The SMILES string of the molecule is C=C1C=C(C)NC(NC(=O)NCC2(C)CC(NC(=O)OC(CC(C)=O)C(=O)OC)CC(C)(C)C2)=N1. The van der Waals surface area contributed by atoms with Gasteiger partial charge in [0.2, 0.25) is 12.1 Å². The molecule has 11 nitrogen and oxygen atoms in total. The molecule has 3 unspecified atom stereocenters. The number of urea groups is 1. The summed E-state index contributed by atoms with van der Waals surface area (Å²) < 4.78 is 9.82. The summed E-state index contributed by atoms with van der Waals surface area (Å²) >= 11 is 0. The molecular formula is C24H37N5O6. The van der Waals surface area contributed by atoms with E-state index in [0.717, 1.165) is 12.1 Å². The molecule has 2 rings (SSSR count). The van der Waals surface area contributed by atoms with Crippen LogP contribution in [0, 0.1) is 10.8 Å². The predicted octanol–water partition coefficient (Wildman–Crippen LogP) is 2.49. The van der Waals surface area contributed by atoms with Gasteiger partial charge >= 0.3 is 18.1 Å². The minimum atomic E-state index is -1.29. The number of carbonyl (C=O) groups is 4. The van der Waals surface area contributed by atoms with Gasteiger partial charge in [0.05, 0.1) is 19.2 Å². The number of carbonyl (C=O) groups excluding carboxylic acids is 4. The Morgan fingerprint density at radius 3 is 2.54 bits per heavy atom. The molecule has 0 bridgehead atoms. The largest absolute Gasteiger partial charge is 0.466 e. The molecule has 1 fully saturated rings. The molecule has 4 N–H and O–H groups in total. The highest BCUT2D eigenvalue weighted by atomic mass is 16.6.